The summed E-state index contributed by atoms with van der Waals surface area (Å²) >= 11 is 0. The fourth-order valence-corrected chi connectivity index (χ4v) is 7.25. The summed E-state index contributed by atoms with van der Waals surface area (Å²) in [5, 5.41) is 56.7. The van der Waals surface area contributed by atoms with Crippen LogP contribution in [0.15, 0.2) is 29.0 Å². The number of aromatic hydroxyl groups is 1. The van der Waals surface area contributed by atoms with E-state index in [1.54, 1.807) is 19.1 Å². The number of aliphatic hydroxyl groups excluding tert-OH is 3. The lowest BCUT2D eigenvalue weighted by molar-refractivity contribution is -0.160. The maximum atomic E-state index is 13.9. The zero-order chi connectivity index (χ0) is 30.0. The number of carbonyl (C=O) groups excluding carboxylic acids is 3. The second-order valence-electron chi connectivity index (χ2n) is 12.4. The average Bonchev–Trinajstić information content (AvgIpc) is 2.91. The molecule has 1 aromatic carbocycles. The quantitative estimate of drug-likeness (QED) is 0.272. The molecule has 1 heterocycles. The van der Waals surface area contributed by atoms with E-state index in [4.69, 9.17) is 10.5 Å². The molecule has 1 saturated carbocycles. The first-order chi connectivity index (χ1) is 19.2. The van der Waals surface area contributed by atoms with Crippen molar-refractivity contribution in [2.24, 2.45) is 17.6 Å². The van der Waals surface area contributed by atoms with Crippen LogP contribution < -0.4 is 5.73 Å². The number of nitrogens with zero attached hydrogens (tertiary/aromatic N) is 1. The van der Waals surface area contributed by atoms with E-state index in [1.807, 2.05) is 13.8 Å². The Kier molecular flexibility index (Phi) is 7.30. The third kappa shape index (κ3) is 4.37. The van der Waals surface area contributed by atoms with Crippen molar-refractivity contribution in [3.05, 3.63) is 45.7 Å². The largest absolute Gasteiger partial charge is 0.508 e. The highest BCUT2D eigenvalue weighted by molar-refractivity contribution is 6.23. The number of ether oxygens (including phenoxy) is 1. The fraction of sp³-hybridized carbons (Fsp3) is 0.567. The van der Waals surface area contributed by atoms with Gasteiger partial charge in [-0.2, -0.15) is 0 Å². The molecule has 0 radical (unpaired) electrons. The van der Waals surface area contributed by atoms with Gasteiger partial charge in [-0.25, -0.2) is 0 Å². The number of nitrogens with two attached hydrogens (primary N) is 1. The number of benzene rings is 1. The van der Waals surface area contributed by atoms with E-state index in [0.29, 0.717) is 24.3 Å². The number of Topliss-reactive ketones (excluding diaryl/α,β-unsaturated/α-hetero) is 2. The van der Waals surface area contributed by atoms with Gasteiger partial charge in [0.15, 0.2) is 11.4 Å². The number of hydrogen-bond donors (Lipinski definition) is 6. The van der Waals surface area contributed by atoms with Crippen molar-refractivity contribution in [3.63, 3.8) is 0 Å². The number of carbonyl (C=O) groups is 3. The lowest BCUT2D eigenvalue weighted by Gasteiger charge is -2.50. The van der Waals surface area contributed by atoms with Gasteiger partial charge in [0.1, 0.15) is 22.8 Å². The number of ketones is 2. The monoisotopic (exact) mass is 570 g/mol. The van der Waals surface area contributed by atoms with Crippen LogP contribution in [0.2, 0.25) is 0 Å². The molecule has 3 aliphatic carbocycles. The SMILES string of the molecule is CC1c2ccc(C(C)(C)CCCN3CCOCC3)c(O)c2C(O)=C2C(=O)C3(O)C(O)=C(C(N)=O)C(=O)CC3C(O)C21. The average molecular weight is 571 g/mol. The van der Waals surface area contributed by atoms with Crippen LogP contribution in [0.25, 0.3) is 5.76 Å². The van der Waals surface area contributed by atoms with Crippen molar-refractivity contribution in [1.29, 1.82) is 0 Å². The third-order valence-corrected chi connectivity index (χ3v) is 9.61. The summed E-state index contributed by atoms with van der Waals surface area (Å²) in [7, 11) is 0. The topological polar surface area (TPSA) is 191 Å². The number of primary amides is 1. The molecule has 5 atom stereocenters. The third-order valence-electron chi connectivity index (χ3n) is 9.61. The summed E-state index contributed by atoms with van der Waals surface area (Å²) in [4.78, 5) is 40.7. The summed E-state index contributed by atoms with van der Waals surface area (Å²) in [5.74, 6) is -8.52. The molecule has 2 fully saturated rings. The molecule has 1 saturated heterocycles. The van der Waals surface area contributed by atoms with E-state index in [-0.39, 0.29) is 16.9 Å². The molecule has 222 valence electrons. The van der Waals surface area contributed by atoms with E-state index in [0.717, 1.165) is 32.5 Å². The number of hydrogen-bond acceptors (Lipinski definition) is 10. The number of fused-ring (bicyclic) bond motifs is 3. The molecule has 11 heteroatoms. The van der Waals surface area contributed by atoms with Gasteiger partial charge in [-0.3, -0.25) is 19.3 Å². The van der Waals surface area contributed by atoms with Gasteiger partial charge in [-0.05, 0) is 36.3 Å². The Balaban J connectivity index is 1.55. The molecule has 5 unspecified atom stereocenters. The first kappa shape index (κ1) is 29.2. The van der Waals surface area contributed by atoms with Gasteiger partial charge < -0.3 is 36.0 Å². The zero-order valence-corrected chi connectivity index (χ0v) is 23.5. The summed E-state index contributed by atoms with van der Waals surface area (Å²) in [5.41, 5.74) is 1.70. The van der Waals surface area contributed by atoms with Crippen molar-refractivity contribution in [3.8, 4) is 5.75 Å². The van der Waals surface area contributed by atoms with Crippen molar-refractivity contribution < 1.29 is 44.7 Å². The second-order valence-corrected chi connectivity index (χ2v) is 12.4. The van der Waals surface area contributed by atoms with Gasteiger partial charge in [0, 0.05) is 42.5 Å². The first-order valence-corrected chi connectivity index (χ1v) is 14.0. The number of morpholine rings is 1. The van der Waals surface area contributed by atoms with Crippen molar-refractivity contribution in [2.75, 3.05) is 32.8 Å². The number of aliphatic hydroxyl groups is 4. The number of amides is 1. The van der Waals surface area contributed by atoms with Crippen LogP contribution >= 0.6 is 0 Å². The van der Waals surface area contributed by atoms with Gasteiger partial charge in [0.25, 0.3) is 5.91 Å². The highest BCUT2D eigenvalue weighted by Gasteiger charge is 2.65. The fourth-order valence-electron chi connectivity index (χ4n) is 7.25. The number of phenolic OH excluding ortho intramolecular Hbond substituents is 1. The summed E-state index contributed by atoms with van der Waals surface area (Å²) in [6, 6.07) is 3.56. The highest BCUT2D eigenvalue weighted by atomic mass is 16.5. The van der Waals surface area contributed by atoms with Crippen molar-refractivity contribution >= 4 is 23.2 Å². The second kappa shape index (κ2) is 10.2. The molecule has 7 N–H and O–H groups in total. The Morgan fingerprint density at radius 3 is 2.46 bits per heavy atom. The highest BCUT2D eigenvalue weighted by Crippen LogP contribution is 2.56. The molecule has 11 nitrogen and oxygen atoms in total. The maximum Gasteiger partial charge on any atom is 0.255 e. The zero-order valence-electron chi connectivity index (χ0n) is 23.5. The normalized spacial score (nSPS) is 30.7. The molecule has 41 heavy (non-hydrogen) atoms. The van der Waals surface area contributed by atoms with E-state index < -0.39 is 75.9 Å². The van der Waals surface area contributed by atoms with Crippen molar-refractivity contribution in [2.45, 2.75) is 63.1 Å². The van der Waals surface area contributed by atoms with Crippen molar-refractivity contribution in [1.82, 2.24) is 4.90 Å². The molecule has 0 spiro atoms. The Bertz CT molecular complexity index is 1370. The van der Waals surface area contributed by atoms with Gasteiger partial charge in [-0.1, -0.05) is 32.9 Å². The molecular formula is C30H38N2O9. The molecule has 1 aliphatic heterocycles. The van der Waals surface area contributed by atoms with E-state index >= 15 is 0 Å². The molecule has 0 aromatic heterocycles. The minimum Gasteiger partial charge on any atom is -0.508 e. The predicted octanol–water partition coefficient (Wildman–Crippen LogP) is 1.35. The number of phenols is 1. The van der Waals surface area contributed by atoms with E-state index in [1.165, 1.54) is 0 Å². The molecule has 4 aliphatic rings. The van der Waals surface area contributed by atoms with Crippen LogP contribution in [0.4, 0.5) is 0 Å². The summed E-state index contributed by atoms with van der Waals surface area (Å²) < 4.78 is 5.41. The van der Waals surface area contributed by atoms with Gasteiger partial charge in [-0.15, -0.1) is 0 Å². The minimum atomic E-state index is -2.85. The molecule has 5 rings (SSSR count). The van der Waals surface area contributed by atoms with E-state index in [9.17, 15) is 39.9 Å². The maximum absolute atomic E-state index is 13.9. The summed E-state index contributed by atoms with van der Waals surface area (Å²) in [6.45, 7) is 9.74. The van der Waals surface area contributed by atoms with Crippen LogP contribution in [0.5, 0.6) is 5.75 Å². The Hall–Kier alpha value is -3.25. The molecule has 1 amide bonds. The molecular weight excluding hydrogens is 532 g/mol. The van der Waals surface area contributed by atoms with E-state index in [2.05, 4.69) is 4.90 Å². The summed E-state index contributed by atoms with van der Waals surface area (Å²) in [6.07, 6.45) is -0.551. The Labute approximate surface area is 237 Å². The first-order valence-electron chi connectivity index (χ1n) is 14.0. The van der Waals surface area contributed by atoms with Gasteiger partial charge >= 0.3 is 0 Å². The molecule has 1 aromatic rings. The minimum absolute atomic E-state index is 0.0237. The predicted molar refractivity (Wildman–Crippen MR) is 147 cm³/mol. The Morgan fingerprint density at radius 1 is 1.17 bits per heavy atom. The van der Waals surface area contributed by atoms with Crippen LogP contribution in [0.3, 0.4) is 0 Å². The van der Waals surface area contributed by atoms with Crippen LogP contribution in [0, 0.1) is 11.8 Å². The Morgan fingerprint density at radius 2 is 1.83 bits per heavy atom. The lowest BCUT2D eigenvalue weighted by atomic mass is 9.55. The van der Waals surface area contributed by atoms with Gasteiger partial charge in [0.05, 0.1) is 24.9 Å². The lowest BCUT2D eigenvalue weighted by Crippen LogP contribution is -2.63. The van der Waals surface area contributed by atoms with Crippen LogP contribution in [0.1, 0.15) is 62.6 Å². The molecule has 0 bridgehead atoms. The van der Waals surface area contributed by atoms with Crippen LogP contribution in [-0.2, 0) is 24.5 Å². The van der Waals surface area contributed by atoms with Crippen LogP contribution in [-0.4, -0.2) is 92.5 Å². The van der Waals surface area contributed by atoms with Gasteiger partial charge in [0.2, 0.25) is 5.78 Å². The standard InChI is InChI=1S/C30H38N2O9/c1-14-15-5-6-16(29(2,3)7-4-8-32-9-11-41-12-10-32)23(34)20(15)25(36)22-19(14)24(35)17-13-18(33)21(28(31)39)26(37)30(17,40)27(22)38/h5-6,14,17,19,24,34-37,40H,4,7-13H2,1-3H3,(H2,31,39). The number of rotatable bonds is 6. The smallest absolute Gasteiger partial charge is 0.255 e.